The highest BCUT2D eigenvalue weighted by molar-refractivity contribution is 14.1. The summed E-state index contributed by atoms with van der Waals surface area (Å²) in [4.78, 5) is 25.7. The number of halogens is 1. The van der Waals surface area contributed by atoms with Gasteiger partial charge in [0.05, 0.1) is 25.8 Å². The number of nitrogens with zero attached hydrogens (tertiary/aromatic N) is 3. The van der Waals surface area contributed by atoms with Crippen LogP contribution in [0.1, 0.15) is 48.0 Å². The summed E-state index contributed by atoms with van der Waals surface area (Å²) < 4.78 is 13.1. The molecule has 0 aliphatic carbocycles. The molecule has 0 unspecified atom stereocenters. The summed E-state index contributed by atoms with van der Waals surface area (Å²) in [6.07, 6.45) is 0.435. The third kappa shape index (κ3) is 4.65. The topological polar surface area (TPSA) is 73.7 Å². The molecule has 0 spiro atoms. The van der Waals surface area contributed by atoms with E-state index in [4.69, 9.17) is 9.47 Å². The number of amides is 1. The zero-order valence-electron chi connectivity index (χ0n) is 16.5. The number of fused-ring (bicyclic) bond motifs is 1. The molecule has 28 heavy (non-hydrogen) atoms. The number of hydrogen-bond donors (Lipinski definition) is 0. The first kappa shape index (κ1) is 20.6. The lowest BCUT2D eigenvalue weighted by Gasteiger charge is -2.30. The number of ether oxygens (including phenoxy) is 2. The minimum Gasteiger partial charge on any atom is -0.465 e. The van der Waals surface area contributed by atoms with E-state index < -0.39 is 5.60 Å². The smallest absolute Gasteiger partial charge is 0.410 e. The molecule has 2 aromatic rings. The second-order valence-corrected chi connectivity index (χ2v) is 8.74. The summed E-state index contributed by atoms with van der Waals surface area (Å²) in [5, 5.41) is 4.66. The second-order valence-electron chi connectivity index (χ2n) is 7.71. The molecule has 7 nitrogen and oxygen atoms in total. The molecule has 1 aromatic carbocycles. The molecule has 1 amide bonds. The van der Waals surface area contributed by atoms with E-state index in [0.29, 0.717) is 25.2 Å². The highest BCUT2D eigenvalue weighted by atomic mass is 127. The highest BCUT2D eigenvalue weighted by Crippen LogP contribution is 2.26. The monoisotopic (exact) mass is 497 g/mol. The first-order chi connectivity index (χ1) is 13.2. The normalized spacial score (nSPS) is 13.8. The Hall–Kier alpha value is -2.10. The predicted octanol–water partition coefficient (Wildman–Crippen LogP) is 3.62. The number of hydrogen-bond acceptors (Lipinski definition) is 5. The number of carbonyl (C=O) groups is 2. The molecule has 3 rings (SSSR count). The minimum absolute atomic E-state index is 0.292. The van der Waals surface area contributed by atoms with Crippen LogP contribution in [0.4, 0.5) is 4.79 Å². The van der Waals surface area contributed by atoms with Gasteiger partial charge in [0.2, 0.25) is 0 Å². The second kappa shape index (κ2) is 8.10. The van der Waals surface area contributed by atoms with E-state index in [1.54, 1.807) is 17.0 Å². The van der Waals surface area contributed by atoms with Gasteiger partial charge in [0, 0.05) is 24.2 Å². The summed E-state index contributed by atoms with van der Waals surface area (Å²) >= 11 is 2.22. The van der Waals surface area contributed by atoms with Crippen LogP contribution < -0.4 is 0 Å². The van der Waals surface area contributed by atoms with E-state index in [1.807, 2.05) is 37.6 Å². The fourth-order valence-electron chi connectivity index (χ4n) is 3.10. The van der Waals surface area contributed by atoms with Crippen molar-refractivity contribution in [3.63, 3.8) is 0 Å². The van der Waals surface area contributed by atoms with Crippen LogP contribution in [0.3, 0.4) is 0 Å². The number of methoxy groups -OCH3 is 1. The van der Waals surface area contributed by atoms with Crippen molar-refractivity contribution in [3.8, 4) is 0 Å². The Morgan fingerprint density at radius 3 is 2.50 bits per heavy atom. The highest BCUT2D eigenvalue weighted by Gasteiger charge is 2.29. The SMILES string of the molecule is COC(=O)c1ccc(Cn2nc(I)c3c2CCN(C(=O)OC(C)(C)C)C3)cc1. The lowest BCUT2D eigenvalue weighted by molar-refractivity contribution is 0.0222. The quantitative estimate of drug-likeness (QED) is 0.479. The van der Waals surface area contributed by atoms with Crippen LogP contribution in [0.2, 0.25) is 0 Å². The van der Waals surface area contributed by atoms with Gasteiger partial charge in [0.15, 0.2) is 0 Å². The van der Waals surface area contributed by atoms with Crippen molar-refractivity contribution in [2.24, 2.45) is 0 Å². The van der Waals surface area contributed by atoms with Gasteiger partial charge in [-0.3, -0.25) is 4.68 Å². The lowest BCUT2D eigenvalue weighted by Crippen LogP contribution is -2.40. The Labute approximate surface area is 178 Å². The largest absolute Gasteiger partial charge is 0.465 e. The minimum atomic E-state index is -0.509. The maximum absolute atomic E-state index is 12.4. The van der Waals surface area contributed by atoms with Crippen LogP contribution in [0.5, 0.6) is 0 Å². The Kier molecular flexibility index (Phi) is 5.97. The number of esters is 1. The van der Waals surface area contributed by atoms with Gasteiger partial charge in [0.25, 0.3) is 0 Å². The van der Waals surface area contributed by atoms with Crippen LogP contribution in [0.15, 0.2) is 24.3 Å². The van der Waals surface area contributed by atoms with E-state index in [1.165, 1.54) is 7.11 Å². The zero-order chi connectivity index (χ0) is 20.5. The van der Waals surface area contributed by atoms with Crippen molar-refractivity contribution < 1.29 is 19.1 Å². The molecule has 0 fully saturated rings. The fourth-order valence-corrected chi connectivity index (χ4v) is 3.84. The summed E-state index contributed by atoms with van der Waals surface area (Å²) in [7, 11) is 1.37. The van der Waals surface area contributed by atoms with Crippen LogP contribution in [-0.2, 0) is 29.0 Å². The molecule has 0 N–H and O–H groups in total. The molecule has 0 radical (unpaired) electrons. The average molecular weight is 497 g/mol. The third-order valence-electron chi connectivity index (χ3n) is 4.44. The molecular formula is C20H24IN3O4. The fraction of sp³-hybridized carbons (Fsp3) is 0.450. The van der Waals surface area contributed by atoms with E-state index in [9.17, 15) is 9.59 Å². The van der Waals surface area contributed by atoms with Crippen molar-refractivity contribution in [2.75, 3.05) is 13.7 Å². The number of carbonyl (C=O) groups excluding carboxylic acids is 2. The molecule has 0 saturated heterocycles. The molecule has 2 heterocycles. The molecule has 150 valence electrons. The van der Waals surface area contributed by atoms with Gasteiger partial charge < -0.3 is 14.4 Å². The first-order valence-electron chi connectivity index (χ1n) is 9.07. The molecule has 1 aromatic heterocycles. The van der Waals surface area contributed by atoms with Crippen LogP contribution in [0.25, 0.3) is 0 Å². The number of aromatic nitrogens is 2. The van der Waals surface area contributed by atoms with Crippen molar-refractivity contribution in [2.45, 2.75) is 45.9 Å². The Bertz CT molecular complexity index is 884. The first-order valence-corrected chi connectivity index (χ1v) is 10.1. The van der Waals surface area contributed by atoms with Crippen LogP contribution >= 0.6 is 22.6 Å². The zero-order valence-corrected chi connectivity index (χ0v) is 18.6. The summed E-state index contributed by atoms with van der Waals surface area (Å²) in [5.74, 6) is -0.347. The number of benzene rings is 1. The Morgan fingerprint density at radius 2 is 1.89 bits per heavy atom. The Balaban J connectivity index is 1.74. The molecule has 0 bridgehead atoms. The maximum Gasteiger partial charge on any atom is 0.410 e. The van der Waals surface area contributed by atoms with Gasteiger partial charge in [-0.15, -0.1) is 0 Å². The summed E-state index contributed by atoms with van der Waals surface area (Å²) in [6, 6.07) is 7.32. The average Bonchev–Trinajstić information content (AvgIpc) is 2.95. The molecule has 1 aliphatic heterocycles. The third-order valence-corrected chi connectivity index (χ3v) is 5.31. The van der Waals surface area contributed by atoms with E-state index in [-0.39, 0.29) is 12.1 Å². The Morgan fingerprint density at radius 1 is 1.21 bits per heavy atom. The summed E-state index contributed by atoms with van der Waals surface area (Å²) in [5.41, 5.74) is 3.27. The predicted molar refractivity (Wildman–Crippen MR) is 112 cm³/mol. The standard InChI is InChI=1S/C20H24IN3O4/c1-20(2,3)28-19(26)23-10-9-16-15(12-23)17(21)22-24(16)11-13-5-7-14(8-6-13)18(25)27-4/h5-8H,9-12H2,1-4H3. The van der Waals surface area contributed by atoms with Gasteiger partial charge in [-0.25, -0.2) is 9.59 Å². The van der Waals surface area contributed by atoms with Crippen molar-refractivity contribution in [3.05, 3.63) is 50.4 Å². The number of rotatable bonds is 3. The maximum atomic E-state index is 12.4. The van der Waals surface area contributed by atoms with Gasteiger partial charge in [-0.1, -0.05) is 12.1 Å². The van der Waals surface area contributed by atoms with Crippen LogP contribution in [-0.4, -0.2) is 46.0 Å². The van der Waals surface area contributed by atoms with Gasteiger partial charge in [-0.2, -0.15) is 5.10 Å². The van der Waals surface area contributed by atoms with Crippen molar-refractivity contribution >= 4 is 34.7 Å². The lowest BCUT2D eigenvalue weighted by atomic mass is 10.1. The van der Waals surface area contributed by atoms with Crippen LogP contribution in [0, 0.1) is 3.70 Å². The van der Waals surface area contributed by atoms with Gasteiger partial charge >= 0.3 is 12.1 Å². The molecule has 0 saturated carbocycles. The molecule has 8 heteroatoms. The molecule has 1 aliphatic rings. The van der Waals surface area contributed by atoms with Crippen molar-refractivity contribution in [1.82, 2.24) is 14.7 Å². The van der Waals surface area contributed by atoms with E-state index >= 15 is 0 Å². The van der Waals surface area contributed by atoms with Gasteiger partial charge in [-0.05, 0) is 61.1 Å². The molecule has 0 atom stereocenters. The van der Waals surface area contributed by atoms with Gasteiger partial charge in [0.1, 0.15) is 9.30 Å². The van der Waals surface area contributed by atoms with Crippen molar-refractivity contribution in [1.29, 1.82) is 0 Å². The molecular weight excluding hydrogens is 473 g/mol. The summed E-state index contributed by atoms with van der Waals surface area (Å²) in [6.45, 7) is 7.32. The van der Waals surface area contributed by atoms with E-state index in [0.717, 1.165) is 26.9 Å². The van der Waals surface area contributed by atoms with E-state index in [2.05, 4.69) is 27.7 Å².